The molecule has 94 valence electrons. The molecule has 0 radical (unpaired) electrons. The molecule has 1 fully saturated rings. The molecule has 1 aliphatic rings. The average molecular weight is 243 g/mol. The number of carbonyl (C=O) groups excluding carboxylic acids is 1. The summed E-state index contributed by atoms with van der Waals surface area (Å²) in [7, 11) is 0. The lowest BCUT2D eigenvalue weighted by Crippen LogP contribution is -2.41. The highest BCUT2D eigenvalue weighted by atomic mass is 16.2. The molecule has 0 bridgehead atoms. The first-order valence-corrected chi connectivity index (χ1v) is 6.25. The van der Waals surface area contributed by atoms with E-state index in [0.29, 0.717) is 17.2 Å². The fourth-order valence-electron chi connectivity index (χ4n) is 2.24. The third kappa shape index (κ3) is 3.01. The molecule has 2 rings (SSSR count). The fraction of sp³-hybridized carbons (Fsp3) is 0.429. The number of piperidine rings is 1. The van der Waals surface area contributed by atoms with Crippen LogP contribution in [0.25, 0.3) is 0 Å². The molecule has 0 saturated carbocycles. The second kappa shape index (κ2) is 5.54. The lowest BCUT2D eigenvalue weighted by Gasteiger charge is -2.30. The number of amides is 2. The maximum Gasteiger partial charge on any atom is 0.321 e. The van der Waals surface area contributed by atoms with E-state index < -0.39 is 0 Å². The Morgan fingerprint density at radius 3 is 3.11 bits per heavy atom. The van der Waals surface area contributed by atoms with Gasteiger partial charge in [0.1, 0.15) is 0 Å². The zero-order valence-electron chi connectivity index (χ0n) is 10.5. The van der Waals surface area contributed by atoms with Gasteiger partial charge in [0.2, 0.25) is 0 Å². The van der Waals surface area contributed by atoms with Gasteiger partial charge in [-0.1, -0.05) is 13.0 Å². The average Bonchev–Trinajstić information content (AvgIpc) is 2.39. The van der Waals surface area contributed by atoms with Crippen molar-refractivity contribution in [3.05, 3.63) is 29.8 Å². The fourth-order valence-corrected chi connectivity index (χ4v) is 2.24. The van der Waals surface area contributed by atoms with Crippen molar-refractivity contribution in [2.75, 3.05) is 18.4 Å². The molecule has 4 heteroatoms. The summed E-state index contributed by atoms with van der Waals surface area (Å²) in [6.45, 7) is 3.79. The lowest BCUT2D eigenvalue weighted by atomic mass is 10.0. The van der Waals surface area contributed by atoms with Gasteiger partial charge in [-0.2, -0.15) is 5.26 Å². The van der Waals surface area contributed by atoms with Crippen LogP contribution < -0.4 is 5.32 Å². The van der Waals surface area contributed by atoms with Crippen LogP contribution in [0.1, 0.15) is 25.3 Å². The van der Waals surface area contributed by atoms with Crippen molar-refractivity contribution in [1.82, 2.24) is 4.90 Å². The standard InChI is InChI=1S/C14H17N3O/c1-11-4-3-7-17(10-11)14(18)16-13-6-2-5-12(8-13)9-15/h2,5-6,8,11H,3-4,7,10H2,1H3,(H,16,18). The van der Waals surface area contributed by atoms with Crippen LogP contribution in [-0.2, 0) is 0 Å². The van der Waals surface area contributed by atoms with Crippen LogP contribution in [0.3, 0.4) is 0 Å². The first kappa shape index (κ1) is 12.4. The monoisotopic (exact) mass is 243 g/mol. The maximum atomic E-state index is 12.0. The van der Waals surface area contributed by atoms with Crippen molar-refractivity contribution in [2.45, 2.75) is 19.8 Å². The van der Waals surface area contributed by atoms with Crippen molar-refractivity contribution < 1.29 is 4.79 Å². The van der Waals surface area contributed by atoms with E-state index in [4.69, 9.17) is 5.26 Å². The number of hydrogen-bond acceptors (Lipinski definition) is 2. The number of urea groups is 1. The van der Waals surface area contributed by atoms with Crippen LogP contribution in [0.2, 0.25) is 0 Å². The normalized spacial score (nSPS) is 19.1. The molecular formula is C14H17N3O. The number of nitrogens with zero attached hydrogens (tertiary/aromatic N) is 2. The van der Waals surface area contributed by atoms with Crippen molar-refractivity contribution in [1.29, 1.82) is 5.26 Å². The zero-order valence-corrected chi connectivity index (χ0v) is 10.5. The number of anilines is 1. The third-order valence-corrected chi connectivity index (χ3v) is 3.19. The number of rotatable bonds is 1. The SMILES string of the molecule is CC1CCCN(C(=O)Nc2cccc(C#N)c2)C1. The molecule has 1 atom stereocenters. The Morgan fingerprint density at radius 2 is 2.39 bits per heavy atom. The highest BCUT2D eigenvalue weighted by Gasteiger charge is 2.20. The molecule has 1 aromatic carbocycles. The molecule has 1 N–H and O–H groups in total. The summed E-state index contributed by atoms with van der Waals surface area (Å²) in [4.78, 5) is 13.9. The Kier molecular flexibility index (Phi) is 3.83. The van der Waals surface area contributed by atoms with Gasteiger partial charge >= 0.3 is 6.03 Å². The molecule has 1 saturated heterocycles. The van der Waals surface area contributed by atoms with E-state index in [1.807, 2.05) is 4.90 Å². The van der Waals surface area contributed by atoms with E-state index in [1.54, 1.807) is 24.3 Å². The molecule has 1 heterocycles. The van der Waals surface area contributed by atoms with E-state index in [0.717, 1.165) is 19.5 Å². The second-order valence-corrected chi connectivity index (χ2v) is 4.82. The van der Waals surface area contributed by atoms with Crippen LogP contribution in [0.15, 0.2) is 24.3 Å². The third-order valence-electron chi connectivity index (χ3n) is 3.19. The maximum absolute atomic E-state index is 12.0. The Hall–Kier alpha value is -2.02. The molecule has 0 aromatic heterocycles. The summed E-state index contributed by atoms with van der Waals surface area (Å²) in [5.74, 6) is 0.565. The zero-order chi connectivity index (χ0) is 13.0. The van der Waals surface area contributed by atoms with Gasteiger partial charge in [0, 0.05) is 18.8 Å². The first-order valence-electron chi connectivity index (χ1n) is 6.25. The minimum Gasteiger partial charge on any atom is -0.324 e. The molecule has 0 spiro atoms. The highest BCUT2D eigenvalue weighted by molar-refractivity contribution is 5.89. The molecule has 1 aromatic rings. The van der Waals surface area contributed by atoms with Crippen LogP contribution >= 0.6 is 0 Å². The predicted octanol–water partition coefficient (Wildman–Crippen LogP) is 2.82. The van der Waals surface area contributed by atoms with Gasteiger partial charge in [0.05, 0.1) is 11.6 Å². The summed E-state index contributed by atoms with van der Waals surface area (Å²) in [6, 6.07) is 8.96. The van der Waals surface area contributed by atoms with Crippen molar-refractivity contribution in [3.8, 4) is 6.07 Å². The van der Waals surface area contributed by atoms with Crippen LogP contribution in [0.4, 0.5) is 10.5 Å². The summed E-state index contributed by atoms with van der Waals surface area (Å²) >= 11 is 0. The number of carbonyl (C=O) groups is 1. The molecule has 18 heavy (non-hydrogen) atoms. The number of nitrogens with one attached hydrogen (secondary N) is 1. The van der Waals surface area contributed by atoms with E-state index in [9.17, 15) is 4.79 Å². The summed E-state index contributed by atoms with van der Waals surface area (Å²) in [6.07, 6.45) is 2.25. The van der Waals surface area contributed by atoms with E-state index in [1.165, 1.54) is 6.42 Å². The minimum absolute atomic E-state index is 0.0726. The Balaban J connectivity index is 2.00. The van der Waals surface area contributed by atoms with Crippen LogP contribution in [0, 0.1) is 17.2 Å². The Bertz CT molecular complexity index is 478. The van der Waals surface area contributed by atoms with Crippen molar-refractivity contribution in [3.63, 3.8) is 0 Å². The summed E-state index contributed by atoms with van der Waals surface area (Å²) in [5, 5.41) is 11.6. The van der Waals surface area contributed by atoms with E-state index in [-0.39, 0.29) is 6.03 Å². The smallest absolute Gasteiger partial charge is 0.321 e. The van der Waals surface area contributed by atoms with Crippen LogP contribution in [0.5, 0.6) is 0 Å². The van der Waals surface area contributed by atoms with Gasteiger partial charge in [-0.05, 0) is 37.0 Å². The van der Waals surface area contributed by atoms with Gasteiger partial charge in [0.15, 0.2) is 0 Å². The predicted molar refractivity (Wildman–Crippen MR) is 70.1 cm³/mol. The van der Waals surface area contributed by atoms with Gasteiger partial charge in [0.25, 0.3) is 0 Å². The summed E-state index contributed by atoms with van der Waals surface area (Å²) in [5.41, 5.74) is 1.23. The largest absolute Gasteiger partial charge is 0.324 e. The molecule has 2 amide bonds. The van der Waals surface area contributed by atoms with Crippen molar-refractivity contribution >= 4 is 11.7 Å². The number of likely N-dealkylation sites (tertiary alicyclic amines) is 1. The molecule has 4 nitrogen and oxygen atoms in total. The lowest BCUT2D eigenvalue weighted by molar-refractivity contribution is 0.182. The van der Waals surface area contributed by atoms with Crippen molar-refractivity contribution in [2.24, 2.45) is 5.92 Å². The van der Waals surface area contributed by atoms with E-state index in [2.05, 4.69) is 18.3 Å². The number of benzene rings is 1. The first-order chi connectivity index (χ1) is 8.69. The van der Waals surface area contributed by atoms with Gasteiger partial charge < -0.3 is 10.2 Å². The van der Waals surface area contributed by atoms with Gasteiger partial charge in [-0.3, -0.25) is 0 Å². The molecule has 1 aliphatic heterocycles. The minimum atomic E-state index is -0.0726. The Labute approximate surface area is 107 Å². The number of nitriles is 1. The van der Waals surface area contributed by atoms with Gasteiger partial charge in [-0.15, -0.1) is 0 Å². The second-order valence-electron chi connectivity index (χ2n) is 4.82. The number of hydrogen-bond donors (Lipinski definition) is 1. The molecular weight excluding hydrogens is 226 g/mol. The molecule has 1 unspecified atom stereocenters. The quantitative estimate of drug-likeness (QED) is 0.824. The Morgan fingerprint density at radius 1 is 1.56 bits per heavy atom. The van der Waals surface area contributed by atoms with Gasteiger partial charge in [-0.25, -0.2) is 4.79 Å². The molecule has 0 aliphatic carbocycles. The van der Waals surface area contributed by atoms with E-state index >= 15 is 0 Å². The van der Waals surface area contributed by atoms with Crippen LogP contribution in [-0.4, -0.2) is 24.0 Å². The topological polar surface area (TPSA) is 56.1 Å². The summed E-state index contributed by atoms with van der Waals surface area (Å²) < 4.78 is 0. The highest BCUT2D eigenvalue weighted by Crippen LogP contribution is 2.17.